The van der Waals surface area contributed by atoms with Gasteiger partial charge in [0.15, 0.2) is 0 Å². The zero-order chi connectivity index (χ0) is 9.80. The van der Waals surface area contributed by atoms with Gasteiger partial charge in [-0.1, -0.05) is 6.07 Å². The molecule has 1 N–H and O–H groups in total. The average Bonchev–Trinajstić information content (AvgIpc) is 2.72. The summed E-state index contributed by atoms with van der Waals surface area (Å²) in [5.41, 5.74) is 0.928. The van der Waals surface area contributed by atoms with E-state index < -0.39 is 10.8 Å². The third-order valence-corrected chi connectivity index (χ3v) is 4.13. The van der Waals surface area contributed by atoms with Crippen LogP contribution in [0.25, 0.3) is 0 Å². The predicted molar refractivity (Wildman–Crippen MR) is 64.6 cm³/mol. The molecule has 1 aromatic heterocycles. The maximum absolute atomic E-state index is 11.8. The molecule has 0 aromatic carbocycles. The third-order valence-electron chi connectivity index (χ3n) is 2.40. The monoisotopic (exact) mass is 246 g/mol. The van der Waals surface area contributed by atoms with Gasteiger partial charge in [-0.15, -0.1) is 12.4 Å². The van der Waals surface area contributed by atoms with Crippen LogP contribution >= 0.6 is 12.4 Å². The van der Waals surface area contributed by atoms with Crippen molar-refractivity contribution in [2.24, 2.45) is 0 Å². The number of rotatable bonds is 3. The summed E-state index contributed by atoms with van der Waals surface area (Å²) in [5, 5.41) is 3.54. The molecule has 0 saturated carbocycles. The minimum Gasteiger partial charge on any atom is -0.315 e. The second-order valence-electron chi connectivity index (χ2n) is 3.46. The van der Waals surface area contributed by atoms with E-state index in [1.807, 2.05) is 18.2 Å². The number of halogens is 1. The third kappa shape index (κ3) is 3.55. The van der Waals surface area contributed by atoms with E-state index in [0.29, 0.717) is 11.0 Å². The van der Waals surface area contributed by atoms with Crippen molar-refractivity contribution in [2.75, 3.05) is 13.1 Å². The largest absolute Gasteiger partial charge is 0.315 e. The molecule has 0 aliphatic carbocycles. The highest BCUT2D eigenvalue weighted by molar-refractivity contribution is 7.84. The standard InChI is InChI=1S/C10H14N2OS.ClH/c13-14(10-4-6-11-7-10)8-9-3-1-2-5-12-9;/h1-3,5,10-11H,4,6-8H2;1H. The molecule has 1 fully saturated rings. The lowest BCUT2D eigenvalue weighted by Crippen LogP contribution is -2.20. The predicted octanol–water partition coefficient (Wildman–Crippen LogP) is 1.11. The Morgan fingerprint density at radius 1 is 1.53 bits per heavy atom. The van der Waals surface area contributed by atoms with Gasteiger partial charge in [0.2, 0.25) is 0 Å². The SMILES string of the molecule is Cl.O=S(Cc1ccccn1)C1CCNC1. The molecule has 0 radical (unpaired) electrons. The van der Waals surface area contributed by atoms with Gasteiger partial charge in [-0.3, -0.25) is 9.19 Å². The molecule has 5 heteroatoms. The maximum atomic E-state index is 11.8. The summed E-state index contributed by atoms with van der Waals surface area (Å²) in [6, 6.07) is 5.75. The van der Waals surface area contributed by atoms with Gasteiger partial charge in [-0.25, -0.2) is 0 Å². The Bertz CT molecular complexity index is 314. The number of nitrogens with one attached hydrogen (secondary N) is 1. The van der Waals surface area contributed by atoms with Gasteiger partial charge < -0.3 is 5.32 Å². The summed E-state index contributed by atoms with van der Waals surface area (Å²) in [5.74, 6) is 0.590. The molecule has 2 heterocycles. The molecule has 0 spiro atoms. The van der Waals surface area contributed by atoms with Gasteiger partial charge in [0, 0.05) is 28.8 Å². The Morgan fingerprint density at radius 3 is 3.00 bits per heavy atom. The minimum atomic E-state index is -0.771. The molecule has 2 atom stereocenters. The summed E-state index contributed by atoms with van der Waals surface area (Å²) in [6.45, 7) is 1.89. The van der Waals surface area contributed by atoms with Crippen molar-refractivity contribution < 1.29 is 4.21 Å². The van der Waals surface area contributed by atoms with E-state index in [-0.39, 0.29) is 12.4 Å². The van der Waals surface area contributed by atoms with Gasteiger partial charge in [0.25, 0.3) is 0 Å². The summed E-state index contributed by atoms with van der Waals surface area (Å²) < 4.78 is 11.8. The second kappa shape index (κ2) is 6.20. The lowest BCUT2D eigenvalue weighted by molar-refractivity contribution is 0.671. The molecular formula is C10H15ClN2OS. The van der Waals surface area contributed by atoms with Crippen molar-refractivity contribution >= 4 is 23.2 Å². The normalized spacial score (nSPS) is 22.0. The lowest BCUT2D eigenvalue weighted by atomic mass is 10.4. The van der Waals surface area contributed by atoms with E-state index in [4.69, 9.17) is 0 Å². The molecule has 1 aromatic rings. The van der Waals surface area contributed by atoms with Gasteiger partial charge in [0.1, 0.15) is 0 Å². The Balaban J connectivity index is 0.00000112. The topological polar surface area (TPSA) is 42.0 Å². The van der Waals surface area contributed by atoms with Crippen LogP contribution in [-0.4, -0.2) is 27.5 Å². The fraction of sp³-hybridized carbons (Fsp3) is 0.500. The Kier molecular flexibility index (Phi) is 5.22. The first-order valence-corrected chi connectivity index (χ1v) is 6.22. The van der Waals surface area contributed by atoms with Crippen LogP contribution in [-0.2, 0) is 16.6 Å². The van der Waals surface area contributed by atoms with Crippen LogP contribution in [0.3, 0.4) is 0 Å². The van der Waals surface area contributed by atoms with E-state index in [2.05, 4.69) is 10.3 Å². The molecule has 0 bridgehead atoms. The Morgan fingerprint density at radius 2 is 2.40 bits per heavy atom. The van der Waals surface area contributed by atoms with Crippen LogP contribution in [0, 0.1) is 0 Å². The highest BCUT2D eigenvalue weighted by Crippen LogP contribution is 2.10. The highest BCUT2D eigenvalue weighted by atomic mass is 35.5. The summed E-state index contributed by atoms with van der Waals surface area (Å²) in [7, 11) is -0.771. The number of hydrogen-bond donors (Lipinski definition) is 1. The van der Waals surface area contributed by atoms with E-state index >= 15 is 0 Å². The molecule has 2 unspecified atom stereocenters. The number of hydrogen-bond acceptors (Lipinski definition) is 3. The van der Waals surface area contributed by atoms with Crippen LogP contribution in [0.1, 0.15) is 12.1 Å². The zero-order valence-corrected chi connectivity index (χ0v) is 10.0. The van der Waals surface area contributed by atoms with Crippen LogP contribution < -0.4 is 5.32 Å². The van der Waals surface area contributed by atoms with Crippen molar-refractivity contribution in [3.63, 3.8) is 0 Å². The first kappa shape index (κ1) is 12.6. The molecule has 2 rings (SSSR count). The first-order valence-electron chi connectivity index (χ1n) is 4.84. The van der Waals surface area contributed by atoms with Crippen LogP contribution in [0.15, 0.2) is 24.4 Å². The molecule has 1 saturated heterocycles. The lowest BCUT2D eigenvalue weighted by Gasteiger charge is -2.07. The van der Waals surface area contributed by atoms with Crippen molar-refractivity contribution in [3.8, 4) is 0 Å². The molecular weight excluding hydrogens is 232 g/mol. The van der Waals surface area contributed by atoms with E-state index in [1.54, 1.807) is 6.20 Å². The first-order chi connectivity index (χ1) is 6.86. The smallest absolute Gasteiger partial charge is 0.0662 e. The molecule has 0 amide bonds. The molecule has 84 valence electrons. The number of pyridine rings is 1. The van der Waals surface area contributed by atoms with Crippen LogP contribution in [0.4, 0.5) is 0 Å². The highest BCUT2D eigenvalue weighted by Gasteiger charge is 2.21. The van der Waals surface area contributed by atoms with Gasteiger partial charge in [0.05, 0.1) is 11.4 Å². The molecule has 1 aliphatic heterocycles. The maximum Gasteiger partial charge on any atom is 0.0662 e. The molecule has 1 aliphatic rings. The van der Waals surface area contributed by atoms with Crippen molar-refractivity contribution in [1.29, 1.82) is 0 Å². The summed E-state index contributed by atoms with van der Waals surface area (Å²) >= 11 is 0. The Labute approximate surface area is 98.5 Å². The van der Waals surface area contributed by atoms with Gasteiger partial charge in [-0.05, 0) is 25.1 Å². The van der Waals surface area contributed by atoms with Crippen LogP contribution in [0.2, 0.25) is 0 Å². The zero-order valence-electron chi connectivity index (χ0n) is 8.39. The van der Waals surface area contributed by atoms with E-state index in [9.17, 15) is 4.21 Å². The van der Waals surface area contributed by atoms with E-state index in [1.165, 1.54) is 0 Å². The van der Waals surface area contributed by atoms with E-state index in [0.717, 1.165) is 25.2 Å². The van der Waals surface area contributed by atoms with Crippen molar-refractivity contribution in [3.05, 3.63) is 30.1 Å². The van der Waals surface area contributed by atoms with Gasteiger partial charge in [-0.2, -0.15) is 0 Å². The average molecular weight is 247 g/mol. The van der Waals surface area contributed by atoms with Gasteiger partial charge >= 0.3 is 0 Å². The van der Waals surface area contributed by atoms with Crippen LogP contribution in [0.5, 0.6) is 0 Å². The quantitative estimate of drug-likeness (QED) is 0.869. The Hall–Kier alpha value is -0.450. The van der Waals surface area contributed by atoms with Crippen molar-refractivity contribution in [1.82, 2.24) is 10.3 Å². The fourth-order valence-corrected chi connectivity index (χ4v) is 2.98. The van der Waals surface area contributed by atoms with Crippen molar-refractivity contribution in [2.45, 2.75) is 17.4 Å². The number of aromatic nitrogens is 1. The second-order valence-corrected chi connectivity index (χ2v) is 5.18. The number of nitrogens with zero attached hydrogens (tertiary/aromatic N) is 1. The summed E-state index contributed by atoms with van der Waals surface area (Å²) in [6.07, 6.45) is 2.78. The molecule has 15 heavy (non-hydrogen) atoms. The molecule has 3 nitrogen and oxygen atoms in total. The minimum absolute atomic E-state index is 0. The summed E-state index contributed by atoms with van der Waals surface area (Å²) in [4.78, 5) is 4.18. The fourth-order valence-electron chi connectivity index (χ4n) is 1.60.